The highest BCUT2D eigenvalue weighted by atomic mass is 16.6. The van der Waals surface area contributed by atoms with E-state index in [0.717, 1.165) is 12.1 Å². The summed E-state index contributed by atoms with van der Waals surface area (Å²) >= 11 is 0. The molecule has 0 bridgehead atoms. The molecule has 0 radical (unpaired) electrons. The normalized spacial score (nSPS) is 38.9. The van der Waals surface area contributed by atoms with Gasteiger partial charge in [0.15, 0.2) is 0 Å². The average molecular weight is 155 g/mol. The Hall–Kier alpha value is -0.530. The van der Waals surface area contributed by atoms with Gasteiger partial charge in [-0.2, -0.15) is 0 Å². The molecule has 0 saturated heterocycles. The van der Waals surface area contributed by atoms with Crippen LogP contribution in [0.5, 0.6) is 0 Å². The summed E-state index contributed by atoms with van der Waals surface area (Å²) in [7, 11) is 0. The molecule has 1 rings (SSSR count). The lowest BCUT2D eigenvalue weighted by atomic mass is 9.88. The van der Waals surface area contributed by atoms with Crippen LogP contribution in [-0.4, -0.2) is 11.8 Å². The van der Waals surface area contributed by atoms with E-state index in [1.54, 1.807) is 0 Å². The van der Waals surface area contributed by atoms with E-state index in [1.807, 2.05) is 6.92 Å². The van der Waals surface area contributed by atoms with E-state index >= 15 is 0 Å². The van der Waals surface area contributed by atoms with E-state index in [9.17, 15) is 0 Å². The van der Waals surface area contributed by atoms with E-state index in [-0.39, 0.29) is 6.10 Å². The Balaban J connectivity index is 2.65. The van der Waals surface area contributed by atoms with Gasteiger partial charge in [0.1, 0.15) is 6.10 Å². The van der Waals surface area contributed by atoms with Gasteiger partial charge in [-0.25, -0.2) is 0 Å². The van der Waals surface area contributed by atoms with Crippen molar-refractivity contribution < 1.29 is 4.84 Å². The second-order valence-corrected chi connectivity index (χ2v) is 3.68. The standard InChI is InChI=1S/C9H17NO/c1-6-5-7(2)10-11-9(4)8(6)3/h6,8-9H,5H2,1-4H3/t6?,8-,9-/m1/s1. The molecule has 0 aromatic rings. The lowest BCUT2D eigenvalue weighted by molar-refractivity contribution is 0.0267. The zero-order valence-corrected chi connectivity index (χ0v) is 7.79. The second-order valence-electron chi connectivity index (χ2n) is 3.68. The summed E-state index contributed by atoms with van der Waals surface area (Å²) in [6.45, 7) is 8.60. The maximum absolute atomic E-state index is 5.29. The first-order valence-electron chi connectivity index (χ1n) is 4.30. The molecule has 1 heterocycles. The SMILES string of the molecule is CC1=NO[C@H](C)[C@H](C)C(C)C1. The van der Waals surface area contributed by atoms with E-state index in [2.05, 4.69) is 25.9 Å². The van der Waals surface area contributed by atoms with Gasteiger partial charge in [-0.15, -0.1) is 0 Å². The fraction of sp³-hybridized carbons (Fsp3) is 0.889. The molecule has 0 saturated carbocycles. The van der Waals surface area contributed by atoms with Crippen molar-refractivity contribution in [1.29, 1.82) is 0 Å². The molecule has 1 unspecified atom stereocenters. The minimum absolute atomic E-state index is 0.266. The summed E-state index contributed by atoms with van der Waals surface area (Å²) in [5, 5.41) is 4.02. The van der Waals surface area contributed by atoms with Crippen molar-refractivity contribution in [2.75, 3.05) is 0 Å². The molecule has 0 amide bonds. The van der Waals surface area contributed by atoms with Crippen LogP contribution < -0.4 is 0 Å². The molecule has 11 heavy (non-hydrogen) atoms. The molecule has 0 aromatic heterocycles. The predicted octanol–water partition coefficient (Wildman–Crippen LogP) is 2.44. The molecule has 1 aliphatic rings. The Morgan fingerprint density at radius 3 is 2.64 bits per heavy atom. The maximum atomic E-state index is 5.29. The fourth-order valence-corrected chi connectivity index (χ4v) is 1.42. The number of rotatable bonds is 0. The van der Waals surface area contributed by atoms with Crippen LogP contribution >= 0.6 is 0 Å². The Bertz CT molecular complexity index is 165. The van der Waals surface area contributed by atoms with Crippen LogP contribution in [0.4, 0.5) is 0 Å². The van der Waals surface area contributed by atoms with Crippen molar-refractivity contribution >= 4 is 5.71 Å². The minimum atomic E-state index is 0.266. The van der Waals surface area contributed by atoms with Gasteiger partial charge in [-0.3, -0.25) is 0 Å². The second kappa shape index (κ2) is 3.24. The van der Waals surface area contributed by atoms with Crippen molar-refractivity contribution in [3.8, 4) is 0 Å². The quantitative estimate of drug-likeness (QED) is 0.526. The number of hydrogen-bond donors (Lipinski definition) is 0. The van der Waals surface area contributed by atoms with E-state index < -0.39 is 0 Å². The maximum Gasteiger partial charge on any atom is 0.127 e. The smallest absolute Gasteiger partial charge is 0.127 e. The molecular weight excluding hydrogens is 138 g/mol. The molecule has 1 aliphatic heterocycles. The number of oxime groups is 1. The van der Waals surface area contributed by atoms with Crippen molar-refractivity contribution in [1.82, 2.24) is 0 Å². The minimum Gasteiger partial charge on any atom is -0.393 e. The van der Waals surface area contributed by atoms with Gasteiger partial charge < -0.3 is 4.84 Å². The van der Waals surface area contributed by atoms with Crippen LogP contribution in [0.15, 0.2) is 5.16 Å². The third-order valence-corrected chi connectivity index (χ3v) is 2.63. The lowest BCUT2D eigenvalue weighted by Crippen LogP contribution is -2.20. The summed E-state index contributed by atoms with van der Waals surface area (Å²) < 4.78 is 0. The van der Waals surface area contributed by atoms with Crippen LogP contribution in [0.1, 0.15) is 34.1 Å². The molecule has 64 valence electrons. The van der Waals surface area contributed by atoms with Crippen molar-refractivity contribution in [3.63, 3.8) is 0 Å². The molecule has 3 atom stereocenters. The van der Waals surface area contributed by atoms with Crippen molar-refractivity contribution in [3.05, 3.63) is 0 Å². The average Bonchev–Trinajstić information content (AvgIpc) is 2.05. The number of hydrogen-bond acceptors (Lipinski definition) is 2. The molecule has 2 heteroatoms. The topological polar surface area (TPSA) is 21.6 Å². The van der Waals surface area contributed by atoms with E-state index in [4.69, 9.17) is 4.84 Å². The fourth-order valence-electron chi connectivity index (χ4n) is 1.42. The largest absolute Gasteiger partial charge is 0.393 e. The third-order valence-electron chi connectivity index (χ3n) is 2.63. The summed E-state index contributed by atoms with van der Waals surface area (Å²) in [5.74, 6) is 1.30. The van der Waals surface area contributed by atoms with Crippen LogP contribution in [0.3, 0.4) is 0 Å². The Morgan fingerprint density at radius 2 is 2.00 bits per heavy atom. The van der Waals surface area contributed by atoms with Crippen LogP contribution in [0.25, 0.3) is 0 Å². The Labute approximate surface area is 68.6 Å². The highest BCUT2D eigenvalue weighted by molar-refractivity contribution is 5.81. The monoisotopic (exact) mass is 155 g/mol. The summed E-state index contributed by atoms with van der Waals surface area (Å²) in [4.78, 5) is 5.29. The Kier molecular flexibility index (Phi) is 2.53. The molecule has 0 aromatic carbocycles. The van der Waals surface area contributed by atoms with Gasteiger partial charge in [-0.1, -0.05) is 19.0 Å². The first-order valence-corrected chi connectivity index (χ1v) is 4.30. The molecule has 0 aliphatic carbocycles. The molecular formula is C9H17NO. The van der Waals surface area contributed by atoms with Gasteiger partial charge in [0.2, 0.25) is 0 Å². The summed E-state index contributed by atoms with van der Waals surface area (Å²) in [5.41, 5.74) is 1.12. The van der Waals surface area contributed by atoms with Gasteiger partial charge >= 0.3 is 0 Å². The molecule has 0 spiro atoms. The first kappa shape index (κ1) is 8.57. The number of nitrogens with zero attached hydrogens (tertiary/aromatic N) is 1. The summed E-state index contributed by atoms with van der Waals surface area (Å²) in [6, 6.07) is 0. The highest BCUT2D eigenvalue weighted by Crippen LogP contribution is 2.24. The lowest BCUT2D eigenvalue weighted by Gasteiger charge is -2.20. The first-order chi connectivity index (χ1) is 5.11. The van der Waals surface area contributed by atoms with E-state index in [1.165, 1.54) is 0 Å². The molecule has 2 nitrogen and oxygen atoms in total. The Morgan fingerprint density at radius 1 is 1.36 bits per heavy atom. The third kappa shape index (κ3) is 1.95. The van der Waals surface area contributed by atoms with E-state index in [0.29, 0.717) is 11.8 Å². The van der Waals surface area contributed by atoms with Gasteiger partial charge in [-0.05, 0) is 32.1 Å². The van der Waals surface area contributed by atoms with Crippen molar-refractivity contribution in [2.45, 2.75) is 40.2 Å². The van der Waals surface area contributed by atoms with Gasteiger partial charge in [0, 0.05) is 0 Å². The molecule has 0 fully saturated rings. The van der Waals surface area contributed by atoms with Crippen LogP contribution in [-0.2, 0) is 4.84 Å². The van der Waals surface area contributed by atoms with Gasteiger partial charge in [0.25, 0.3) is 0 Å². The van der Waals surface area contributed by atoms with Crippen LogP contribution in [0, 0.1) is 11.8 Å². The zero-order valence-electron chi connectivity index (χ0n) is 7.79. The molecule has 0 N–H and O–H groups in total. The predicted molar refractivity (Wildman–Crippen MR) is 46.6 cm³/mol. The van der Waals surface area contributed by atoms with Crippen LogP contribution in [0.2, 0.25) is 0 Å². The van der Waals surface area contributed by atoms with Crippen molar-refractivity contribution in [2.24, 2.45) is 17.0 Å². The van der Waals surface area contributed by atoms with Gasteiger partial charge in [0.05, 0.1) is 5.71 Å². The highest BCUT2D eigenvalue weighted by Gasteiger charge is 2.23. The zero-order chi connectivity index (χ0) is 8.43. The summed E-state index contributed by atoms with van der Waals surface area (Å²) in [6.07, 6.45) is 1.34.